The fraction of sp³-hybridized carbons (Fsp3) is 0.308. The van der Waals surface area contributed by atoms with E-state index in [1.165, 1.54) is 27.5 Å². The maximum Gasteiger partial charge on any atom is 0.241 e. The van der Waals surface area contributed by atoms with Crippen molar-refractivity contribution in [2.24, 2.45) is 0 Å². The van der Waals surface area contributed by atoms with Crippen LogP contribution in [0.4, 0.5) is 0 Å². The zero-order valence-electron chi connectivity index (χ0n) is 11.4. The Labute approximate surface area is 116 Å². The van der Waals surface area contributed by atoms with Gasteiger partial charge in [-0.1, -0.05) is 6.07 Å². The molecular weight excluding hydrogens is 262 g/mol. The van der Waals surface area contributed by atoms with Crippen molar-refractivity contribution in [3.05, 3.63) is 35.8 Å². The molecule has 0 bridgehead atoms. The molecule has 2 rings (SSSR count). The first-order chi connectivity index (χ1) is 9.69. The molecule has 0 aromatic carbocycles. The van der Waals surface area contributed by atoms with Gasteiger partial charge in [-0.25, -0.2) is 9.97 Å². The SMILES string of the molecule is COc1cccc(C(O)c2ncc(OC)nc2OC)n1. The molecule has 0 aliphatic rings. The summed E-state index contributed by atoms with van der Waals surface area (Å²) in [7, 11) is 4.42. The third-order valence-corrected chi connectivity index (χ3v) is 2.64. The summed E-state index contributed by atoms with van der Waals surface area (Å²) in [5.41, 5.74) is 0.649. The molecule has 0 aliphatic heterocycles. The summed E-state index contributed by atoms with van der Waals surface area (Å²) in [5, 5.41) is 10.3. The van der Waals surface area contributed by atoms with Gasteiger partial charge >= 0.3 is 0 Å². The van der Waals surface area contributed by atoms with Crippen molar-refractivity contribution in [3.63, 3.8) is 0 Å². The van der Waals surface area contributed by atoms with Gasteiger partial charge in [0.05, 0.1) is 33.2 Å². The maximum absolute atomic E-state index is 10.3. The minimum absolute atomic E-state index is 0.182. The minimum Gasteiger partial charge on any atom is -0.481 e. The number of hydrogen-bond donors (Lipinski definition) is 1. The van der Waals surface area contributed by atoms with Gasteiger partial charge in [0.25, 0.3) is 0 Å². The molecule has 2 aromatic heterocycles. The Balaban J connectivity index is 2.39. The summed E-state index contributed by atoms with van der Waals surface area (Å²) in [5.74, 6) is 0.889. The first kappa shape index (κ1) is 14.0. The highest BCUT2D eigenvalue weighted by atomic mass is 16.5. The monoisotopic (exact) mass is 277 g/mol. The number of hydrogen-bond acceptors (Lipinski definition) is 7. The second-order valence-electron chi connectivity index (χ2n) is 3.81. The molecule has 106 valence electrons. The molecule has 1 N–H and O–H groups in total. The third kappa shape index (κ3) is 2.77. The van der Waals surface area contributed by atoms with Crippen LogP contribution in [0.5, 0.6) is 17.6 Å². The normalized spacial score (nSPS) is 11.8. The highest BCUT2D eigenvalue weighted by Gasteiger charge is 2.21. The molecule has 1 atom stereocenters. The topological polar surface area (TPSA) is 86.6 Å². The first-order valence-electron chi connectivity index (χ1n) is 5.83. The van der Waals surface area contributed by atoms with Crippen LogP contribution < -0.4 is 14.2 Å². The Hall–Kier alpha value is -2.41. The average molecular weight is 277 g/mol. The van der Waals surface area contributed by atoms with Crippen molar-refractivity contribution < 1.29 is 19.3 Å². The molecule has 0 saturated carbocycles. The van der Waals surface area contributed by atoms with Crippen LogP contribution >= 0.6 is 0 Å². The van der Waals surface area contributed by atoms with E-state index in [2.05, 4.69) is 15.0 Å². The van der Waals surface area contributed by atoms with Gasteiger partial charge in [0.2, 0.25) is 17.6 Å². The summed E-state index contributed by atoms with van der Waals surface area (Å²) in [6, 6.07) is 5.08. The summed E-state index contributed by atoms with van der Waals surface area (Å²) in [4.78, 5) is 12.3. The van der Waals surface area contributed by atoms with E-state index >= 15 is 0 Å². The molecule has 7 nitrogen and oxygen atoms in total. The Morgan fingerprint density at radius 1 is 1.00 bits per heavy atom. The molecule has 2 aromatic rings. The van der Waals surface area contributed by atoms with E-state index in [1.54, 1.807) is 18.2 Å². The molecule has 2 heterocycles. The van der Waals surface area contributed by atoms with E-state index in [1.807, 2.05) is 0 Å². The van der Waals surface area contributed by atoms with Crippen LogP contribution in [0.25, 0.3) is 0 Å². The Bertz CT molecular complexity index is 592. The van der Waals surface area contributed by atoms with Crippen LogP contribution in [-0.2, 0) is 0 Å². The molecule has 0 spiro atoms. The van der Waals surface area contributed by atoms with Gasteiger partial charge in [0.1, 0.15) is 11.8 Å². The number of nitrogens with zero attached hydrogens (tertiary/aromatic N) is 3. The van der Waals surface area contributed by atoms with Crippen molar-refractivity contribution in [1.82, 2.24) is 15.0 Å². The number of rotatable bonds is 5. The van der Waals surface area contributed by atoms with Gasteiger partial charge in [-0.05, 0) is 6.07 Å². The van der Waals surface area contributed by atoms with E-state index in [0.717, 1.165) is 0 Å². The van der Waals surface area contributed by atoms with E-state index < -0.39 is 6.10 Å². The summed E-state index contributed by atoms with van der Waals surface area (Å²) in [6.07, 6.45) is 0.333. The van der Waals surface area contributed by atoms with Gasteiger partial charge in [-0.3, -0.25) is 0 Å². The van der Waals surface area contributed by atoms with Gasteiger partial charge in [0.15, 0.2) is 0 Å². The zero-order chi connectivity index (χ0) is 14.5. The maximum atomic E-state index is 10.3. The van der Waals surface area contributed by atoms with Crippen LogP contribution in [0.1, 0.15) is 17.5 Å². The smallest absolute Gasteiger partial charge is 0.241 e. The lowest BCUT2D eigenvalue weighted by molar-refractivity contribution is 0.200. The van der Waals surface area contributed by atoms with E-state index in [-0.39, 0.29) is 11.6 Å². The molecule has 20 heavy (non-hydrogen) atoms. The summed E-state index contributed by atoms with van der Waals surface area (Å²) in [6.45, 7) is 0. The predicted molar refractivity (Wildman–Crippen MR) is 70.0 cm³/mol. The van der Waals surface area contributed by atoms with Gasteiger partial charge in [-0.15, -0.1) is 0 Å². The second kappa shape index (κ2) is 6.16. The van der Waals surface area contributed by atoms with Crippen LogP contribution in [0.3, 0.4) is 0 Å². The number of aromatic nitrogens is 3. The Morgan fingerprint density at radius 3 is 2.40 bits per heavy atom. The molecule has 0 saturated heterocycles. The molecule has 0 radical (unpaired) electrons. The number of methoxy groups -OCH3 is 3. The zero-order valence-corrected chi connectivity index (χ0v) is 11.4. The second-order valence-corrected chi connectivity index (χ2v) is 3.81. The highest BCUT2D eigenvalue weighted by Crippen LogP contribution is 2.27. The van der Waals surface area contributed by atoms with E-state index in [0.29, 0.717) is 17.5 Å². The van der Waals surface area contributed by atoms with E-state index in [4.69, 9.17) is 14.2 Å². The van der Waals surface area contributed by atoms with Gasteiger partial charge < -0.3 is 19.3 Å². The van der Waals surface area contributed by atoms with Crippen LogP contribution in [0.15, 0.2) is 24.4 Å². The fourth-order valence-corrected chi connectivity index (χ4v) is 1.64. The van der Waals surface area contributed by atoms with Crippen molar-refractivity contribution in [2.75, 3.05) is 21.3 Å². The van der Waals surface area contributed by atoms with Crippen LogP contribution in [0, 0.1) is 0 Å². The highest BCUT2D eigenvalue weighted by molar-refractivity contribution is 5.31. The standard InChI is InChI=1S/C13H15N3O4/c1-18-9-6-4-5-8(15-9)12(17)11-13(20-3)16-10(19-2)7-14-11/h4-7,12,17H,1-3H3. The third-order valence-electron chi connectivity index (χ3n) is 2.64. The number of aliphatic hydroxyl groups excluding tert-OH is 1. The lowest BCUT2D eigenvalue weighted by Crippen LogP contribution is -2.09. The minimum atomic E-state index is -1.07. The quantitative estimate of drug-likeness (QED) is 0.871. The van der Waals surface area contributed by atoms with Gasteiger partial charge in [0, 0.05) is 6.07 Å². The van der Waals surface area contributed by atoms with Crippen LogP contribution in [-0.4, -0.2) is 41.4 Å². The van der Waals surface area contributed by atoms with E-state index in [9.17, 15) is 5.11 Å². The fourth-order valence-electron chi connectivity index (χ4n) is 1.64. The van der Waals surface area contributed by atoms with Crippen molar-refractivity contribution in [3.8, 4) is 17.6 Å². The Morgan fingerprint density at radius 2 is 1.75 bits per heavy atom. The Kier molecular flexibility index (Phi) is 4.31. The first-order valence-corrected chi connectivity index (χ1v) is 5.83. The molecule has 7 heteroatoms. The summed E-state index contributed by atoms with van der Waals surface area (Å²) < 4.78 is 15.1. The largest absolute Gasteiger partial charge is 0.481 e. The molecular formula is C13H15N3O4. The summed E-state index contributed by atoms with van der Waals surface area (Å²) >= 11 is 0. The average Bonchev–Trinajstić information content (AvgIpc) is 2.53. The van der Waals surface area contributed by atoms with Gasteiger partial charge in [-0.2, -0.15) is 4.98 Å². The molecule has 0 fully saturated rings. The number of ether oxygens (including phenoxy) is 3. The number of aliphatic hydroxyl groups is 1. The van der Waals surface area contributed by atoms with Crippen LogP contribution in [0.2, 0.25) is 0 Å². The van der Waals surface area contributed by atoms with Crippen molar-refractivity contribution in [1.29, 1.82) is 0 Å². The molecule has 0 aliphatic carbocycles. The van der Waals surface area contributed by atoms with Crippen molar-refractivity contribution >= 4 is 0 Å². The lowest BCUT2D eigenvalue weighted by Gasteiger charge is -2.13. The molecule has 1 unspecified atom stereocenters. The number of pyridine rings is 1. The molecule has 0 amide bonds. The lowest BCUT2D eigenvalue weighted by atomic mass is 10.1. The predicted octanol–water partition coefficient (Wildman–Crippen LogP) is 0.979. The van der Waals surface area contributed by atoms with Crippen molar-refractivity contribution in [2.45, 2.75) is 6.10 Å².